The Hall–Kier alpha value is -4.72. The molecule has 0 saturated carbocycles. The number of aromatic carboxylic acids is 1. The first-order chi connectivity index (χ1) is 18.3. The fourth-order valence-electron chi connectivity index (χ4n) is 4.14. The largest absolute Gasteiger partial charge is 0.478 e. The number of carboxylic acid groups (broad SMARTS) is 1. The predicted molar refractivity (Wildman–Crippen MR) is 146 cm³/mol. The zero-order valence-corrected chi connectivity index (χ0v) is 20.7. The number of urea groups is 1. The number of benzene rings is 4. The number of hydrogen-bond acceptors (Lipinski definition) is 3. The molecule has 0 bridgehead atoms. The lowest BCUT2D eigenvalue weighted by atomic mass is 9.98. The molecule has 0 aliphatic carbocycles. The van der Waals surface area contributed by atoms with Gasteiger partial charge in [0.25, 0.3) is 6.43 Å². The van der Waals surface area contributed by atoms with Crippen LogP contribution >= 0.6 is 0 Å². The maximum atomic E-state index is 13.7. The van der Waals surface area contributed by atoms with Gasteiger partial charge in [-0.1, -0.05) is 72.3 Å². The van der Waals surface area contributed by atoms with Crippen LogP contribution in [0.3, 0.4) is 0 Å². The number of carbonyl (C=O) groups is 2. The van der Waals surface area contributed by atoms with Crippen molar-refractivity contribution < 1.29 is 23.5 Å². The van der Waals surface area contributed by atoms with Crippen molar-refractivity contribution in [2.24, 2.45) is 0 Å². The van der Waals surface area contributed by atoms with E-state index in [0.29, 0.717) is 22.5 Å². The molecule has 0 aliphatic heterocycles. The van der Waals surface area contributed by atoms with Gasteiger partial charge < -0.3 is 20.6 Å². The highest BCUT2D eigenvalue weighted by Crippen LogP contribution is 2.34. The lowest BCUT2D eigenvalue weighted by Gasteiger charge is -2.28. The highest BCUT2D eigenvalue weighted by molar-refractivity contribution is 6.03. The molecule has 0 fully saturated rings. The van der Waals surface area contributed by atoms with Crippen LogP contribution in [0.15, 0.2) is 97.1 Å². The molecule has 0 atom stereocenters. The maximum Gasteiger partial charge on any atom is 0.336 e. The molecule has 194 valence electrons. The average Bonchev–Trinajstić information content (AvgIpc) is 2.90. The SMILES string of the molecule is Cc1ccc(NC(=O)Nc2cc(-c3ccccc3C(=O)O)ccc2N(Cc2ccccc2)CC(F)F)cc1. The molecule has 0 radical (unpaired) electrons. The molecule has 0 aliphatic rings. The van der Waals surface area contributed by atoms with Gasteiger partial charge in [0.05, 0.1) is 23.5 Å². The van der Waals surface area contributed by atoms with Crippen LogP contribution in [0.25, 0.3) is 11.1 Å². The first kappa shape index (κ1) is 26.3. The molecule has 6 nitrogen and oxygen atoms in total. The molecule has 8 heteroatoms. The topological polar surface area (TPSA) is 81.7 Å². The molecular weight excluding hydrogens is 488 g/mol. The Morgan fingerprint density at radius 1 is 0.868 bits per heavy atom. The molecule has 0 heterocycles. The molecule has 38 heavy (non-hydrogen) atoms. The molecule has 0 saturated heterocycles. The molecule has 0 aromatic heterocycles. The summed E-state index contributed by atoms with van der Waals surface area (Å²) in [7, 11) is 0. The molecule has 0 unspecified atom stereocenters. The molecule has 4 rings (SSSR count). The molecule has 4 aromatic rings. The van der Waals surface area contributed by atoms with Crippen LogP contribution in [-0.4, -0.2) is 30.1 Å². The summed E-state index contributed by atoms with van der Waals surface area (Å²) in [4.78, 5) is 26.3. The number of carboxylic acids is 1. The minimum absolute atomic E-state index is 0.0871. The van der Waals surface area contributed by atoms with E-state index >= 15 is 0 Å². The Kier molecular flexibility index (Phi) is 8.33. The van der Waals surface area contributed by atoms with E-state index in [1.807, 2.05) is 49.4 Å². The van der Waals surface area contributed by atoms with Gasteiger partial charge >= 0.3 is 12.0 Å². The van der Waals surface area contributed by atoms with E-state index in [9.17, 15) is 23.5 Å². The Labute approximate surface area is 219 Å². The van der Waals surface area contributed by atoms with Gasteiger partial charge in [-0.25, -0.2) is 18.4 Å². The molecular formula is C30H27F2N3O3. The number of alkyl halides is 2. The van der Waals surface area contributed by atoms with E-state index in [0.717, 1.165) is 11.1 Å². The van der Waals surface area contributed by atoms with Crippen molar-refractivity contribution in [3.05, 3.63) is 114 Å². The molecule has 0 spiro atoms. The second-order valence-corrected chi connectivity index (χ2v) is 8.79. The van der Waals surface area contributed by atoms with Crippen LogP contribution in [0.1, 0.15) is 21.5 Å². The normalized spacial score (nSPS) is 10.7. The number of rotatable bonds is 9. The smallest absolute Gasteiger partial charge is 0.336 e. The summed E-state index contributed by atoms with van der Waals surface area (Å²) in [5.74, 6) is -1.10. The number of carbonyl (C=O) groups excluding carboxylic acids is 1. The lowest BCUT2D eigenvalue weighted by molar-refractivity contribution is 0.0697. The van der Waals surface area contributed by atoms with Gasteiger partial charge in [-0.2, -0.15) is 0 Å². The molecule has 3 N–H and O–H groups in total. The quantitative estimate of drug-likeness (QED) is 0.219. The highest BCUT2D eigenvalue weighted by Gasteiger charge is 2.20. The second kappa shape index (κ2) is 12.0. The van der Waals surface area contributed by atoms with E-state index in [2.05, 4.69) is 10.6 Å². The van der Waals surface area contributed by atoms with Crippen LogP contribution in [0.4, 0.5) is 30.6 Å². The number of anilines is 3. The van der Waals surface area contributed by atoms with Gasteiger partial charge in [-0.3, -0.25) is 0 Å². The second-order valence-electron chi connectivity index (χ2n) is 8.79. The van der Waals surface area contributed by atoms with Crippen LogP contribution in [0.5, 0.6) is 0 Å². The Morgan fingerprint density at radius 3 is 2.24 bits per heavy atom. The van der Waals surface area contributed by atoms with Gasteiger partial charge in [0.2, 0.25) is 0 Å². The fourth-order valence-corrected chi connectivity index (χ4v) is 4.14. The van der Waals surface area contributed by atoms with Gasteiger partial charge in [0.1, 0.15) is 0 Å². The van der Waals surface area contributed by atoms with Crippen LogP contribution < -0.4 is 15.5 Å². The van der Waals surface area contributed by atoms with Crippen molar-refractivity contribution in [1.29, 1.82) is 0 Å². The number of halogens is 2. The zero-order chi connectivity index (χ0) is 27.1. The summed E-state index contributed by atoms with van der Waals surface area (Å²) < 4.78 is 27.3. The Bertz CT molecular complexity index is 1410. The fraction of sp³-hybridized carbons (Fsp3) is 0.133. The van der Waals surface area contributed by atoms with Crippen molar-refractivity contribution >= 4 is 29.1 Å². The standard InChI is InChI=1S/C30H27F2N3O3/c1-20-11-14-23(15-12-20)33-30(38)34-26-17-22(24-9-5-6-10-25(24)29(36)37)13-16-27(26)35(19-28(31)32)18-21-7-3-2-4-8-21/h2-17,28H,18-19H2,1H3,(H,36,37)(H2,33,34,38). The first-order valence-electron chi connectivity index (χ1n) is 12.0. The van der Waals surface area contributed by atoms with Gasteiger partial charge in [0.15, 0.2) is 0 Å². The van der Waals surface area contributed by atoms with Gasteiger partial charge in [-0.05, 0) is 53.9 Å². The van der Waals surface area contributed by atoms with E-state index in [1.165, 1.54) is 11.0 Å². The number of nitrogens with zero attached hydrogens (tertiary/aromatic N) is 1. The van der Waals surface area contributed by atoms with Crippen molar-refractivity contribution in [3.8, 4) is 11.1 Å². The first-order valence-corrected chi connectivity index (χ1v) is 12.0. The van der Waals surface area contributed by atoms with Crippen molar-refractivity contribution in [3.63, 3.8) is 0 Å². The average molecular weight is 516 g/mol. The summed E-state index contributed by atoms with van der Waals surface area (Å²) in [5.41, 5.74) is 4.12. The van der Waals surface area contributed by atoms with Crippen molar-refractivity contribution in [2.45, 2.75) is 19.9 Å². The highest BCUT2D eigenvalue weighted by atomic mass is 19.3. The van der Waals surface area contributed by atoms with Crippen molar-refractivity contribution in [2.75, 3.05) is 22.1 Å². The Balaban J connectivity index is 1.75. The van der Waals surface area contributed by atoms with Crippen LogP contribution in [0.2, 0.25) is 0 Å². The van der Waals surface area contributed by atoms with Crippen molar-refractivity contribution in [1.82, 2.24) is 0 Å². The van der Waals surface area contributed by atoms with E-state index < -0.39 is 25.0 Å². The summed E-state index contributed by atoms with van der Waals surface area (Å²) in [6, 6.07) is 27.2. The van der Waals surface area contributed by atoms with E-state index in [-0.39, 0.29) is 17.8 Å². The maximum absolute atomic E-state index is 13.7. The van der Waals surface area contributed by atoms with Gasteiger partial charge in [-0.15, -0.1) is 0 Å². The summed E-state index contributed by atoms with van der Waals surface area (Å²) in [6.45, 7) is 1.56. The third-order valence-corrected chi connectivity index (χ3v) is 5.94. The third-order valence-electron chi connectivity index (χ3n) is 5.94. The monoisotopic (exact) mass is 515 g/mol. The molecule has 2 amide bonds. The Morgan fingerprint density at radius 2 is 1.55 bits per heavy atom. The predicted octanol–water partition coefficient (Wildman–Crippen LogP) is 7.28. The zero-order valence-electron chi connectivity index (χ0n) is 20.7. The molecule has 4 aromatic carbocycles. The lowest BCUT2D eigenvalue weighted by Crippen LogP contribution is -2.30. The summed E-state index contributed by atoms with van der Waals surface area (Å²) in [6.07, 6.45) is -2.62. The van der Waals surface area contributed by atoms with Crippen LogP contribution in [0, 0.1) is 6.92 Å². The number of aryl methyl sites for hydroxylation is 1. The summed E-state index contributed by atoms with van der Waals surface area (Å²) in [5, 5.41) is 15.2. The van der Waals surface area contributed by atoms with E-state index in [1.54, 1.807) is 48.5 Å². The third kappa shape index (κ3) is 6.73. The number of hydrogen-bond donors (Lipinski definition) is 3. The van der Waals surface area contributed by atoms with Crippen LogP contribution in [-0.2, 0) is 6.54 Å². The number of amides is 2. The van der Waals surface area contributed by atoms with E-state index in [4.69, 9.17) is 0 Å². The van der Waals surface area contributed by atoms with Gasteiger partial charge in [0, 0.05) is 12.2 Å². The minimum Gasteiger partial charge on any atom is -0.478 e. The number of nitrogens with one attached hydrogen (secondary N) is 2. The summed E-state index contributed by atoms with van der Waals surface area (Å²) >= 11 is 0. The minimum atomic E-state index is -2.62.